The van der Waals surface area contributed by atoms with Gasteiger partial charge in [-0.25, -0.2) is 0 Å². The Morgan fingerprint density at radius 1 is 1.31 bits per heavy atom. The molecule has 0 amide bonds. The molecule has 1 atom stereocenters. The molecule has 0 fully saturated rings. The van der Waals surface area contributed by atoms with E-state index in [9.17, 15) is 4.79 Å². The zero-order valence-electron chi connectivity index (χ0n) is 9.81. The molecule has 0 saturated carbocycles. The molecule has 0 spiro atoms. The third-order valence-corrected chi connectivity index (χ3v) is 2.45. The first-order valence-corrected chi connectivity index (χ1v) is 5.62. The van der Waals surface area contributed by atoms with Crippen LogP contribution in [0.15, 0.2) is 30.3 Å². The standard InChI is InChI=1S/C13H19NO2/c1-10(2)8-9-14-12(13(15)16)11-6-4-3-5-7-11/h3-7,10,12,14H,8-9H2,1-2H3,(H,15,16)/t12-/m1/s1. The van der Waals surface area contributed by atoms with Gasteiger partial charge in [-0.15, -0.1) is 0 Å². The Morgan fingerprint density at radius 2 is 1.94 bits per heavy atom. The zero-order valence-corrected chi connectivity index (χ0v) is 9.81. The van der Waals surface area contributed by atoms with Crippen molar-refractivity contribution in [1.29, 1.82) is 0 Å². The van der Waals surface area contributed by atoms with Gasteiger partial charge in [-0.05, 0) is 24.4 Å². The highest BCUT2D eigenvalue weighted by Gasteiger charge is 2.18. The summed E-state index contributed by atoms with van der Waals surface area (Å²) in [4.78, 5) is 11.1. The summed E-state index contributed by atoms with van der Waals surface area (Å²) >= 11 is 0. The van der Waals surface area contributed by atoms with E-state index in [1.807, 2.05) is 30.3 Å². The molecule has 1 aromatic rings. The second-order valence-corrected chi connectivity index (χ2v) is 4.32. The molecule has 1 aromatic carbocycles. The molecule has 0 aliphatic rings. The van der Waals surface area contributed by atoms with Crippen LogP contribution in [0.1, 0.15) is 31.9 Å². The van der Waals surface area contributed by atoms with E-state index in [2.05, 4.69) is 19.2 Å². The summed E-state index contributed by atoms with van der Waals surface area (Å²) in [6.07, 6.45) is 0.983. The lowest BCUT2D eigenvalue weighted by Gasteiger charge is -2.15. The molecule has 1 rings (SSSR count). The van der Waals surface area contributed by atoms with Crippen LogP contribution in [0.4, 0.5) is 0 Å². The number of hydrogen-bond acceptors (Lipinski definition) is 2. The summed E-state index contributed by atoms with van der Waals surface area (Å²) in [5.41, 5.74) is 0.804. The van der Waals surface area contributed by atoms with Crippen LogP contribution in [0.5, 0.6) is 0 Å². The number of benzene rings is 1. The van der Waals surface area contributed by atoms with E-state index in [0.717, 1.165) is 18.5 Å². The van der Waals surface area contributed by atoms with Crippen molar-refractivity contribution in [3.8, 4) is 0 Å². The average molecular weight is 221 g/mol. The molecule has 2 N–H and O–H groups in total. The molecule has 0 unspecified atom stereocenters. The van der Waals surface area contributed by atoms with Crippen molar-refractivity contribution in [2.75, 3.05) is 6.54 Å². The smallest absolute Gasteiger partial charge is 0.325 e. The maximum atomic E-state index is 11.1. The van der Waals surface area contributed by atoms with Gasteiger partial charge in [0.1, 0.15) is 6.04 Å². The first-order valence-electron chi connectivity index (χ1n) is 5.62. The van der Waals surface area contributed by atoms with Crippen molar-refractivity contribution in [3.05, 3.63) is 35.9 Å². The Morgan fingerprint density at radius 3 is 2.44 bits per heavy atom. The Kier molecular flexibility index (Phi) is 4.99. The van der Waals surface area contributed by atoms with Gasteiger partial charge in [0, 0.05) is 0 Å². The van der Waals surface area contributed by atoms with Gasteiger partial charge in [-0.3, -0.25) is 4.79 Å². The number of rotatable bonds is 6. The molecule has 3 heteroatoms. The van der Waals surface area contributed by atoms with Crippen molar-refractivity contribution >= 4 is 5.97 Å². The summed E-state index contributed by atoms with van der Waals surface area (Å²) < 4.78 is 0. The van der Waals surface area contributed by atoms with Crippen LogP contribution in [-0.2, 0) is 4.79 Å². The van der Waals surface area contributed by atoms with Crippen LogP contribution in [0.3, 0.4) is 0 Å². The van der Waals surface area contributed by atoms with E-state index in [1.54, 1.807) is 0 Å². The predicted octanol–water partition coefficient (Wildman–Crippen LogP) is 2.45. The molecule has 0 aliphatic heterocycles. The fraction of sp³-hybridized carbons (Fsp3) is 0.462. The third kappa shape index (κ3) is 4.03. The van der Waals surface area contributed by atoms with Gasteiger partial charge in [0.2, 0.25) is 0 Å². The Bertz CT molecular complexity index is 322. The summed E-state index contributed by atoms with van der Waals surface area (Å²) in [7, 11) is 0. The fourth-order valence-corrected chi connectivity index (χ4v) is 1.51. The number of carboxylic acid groups (broad SMARTS) is 1. The lowest BCUT2D eigenvalue weighted by atomic mass is 10.1. The lowest BCUT2D eigenvalue weighted by Crippen LogP contribution is -2.29. The minimum Gasteiger partial charge on any atom is -0.480 e. The van der Waals surface area contributed by atoms with Gasteiger partial charge < -0.3 is 10.4 Å². The van der Waals surface area contributed by atoms with Crippen LogP contribution >= 0.6 is 0 Å². The summed E-state index contributed by atoms with van der Waals surface area (Å²) in [6.45, 7) is 4.98. The molecule has 0 heterocycles. The van der Waals surface area contributed by atoms with Crippen LogP contribution in [0, 0.1) is 5.92 Å². The largest absolute Gasteiger partial charge is 0.480 e. The number of nitrogens with one attached hydrogen (secondary N) is 1. The number of hydrogen-bond donors (Lipinski definition) is 2. The quantitative estimate of drug-likeness (QED) is 0.775. The average Bonchev–Trinajstić information content (AvgIpc) is 2.25. The van der Waals surface area contributed by atoms with Crippen molar-refractivity contribution in [1.82, 2.24) is 5.32 Å². The monoisotopic (exact) mass is 221 g/mol. The Labute approximate surface area is 96.5 Å². The minimum atomic E-state index is -0.824. The SMILES string of the molecule is CC(C)CCN[C@@H](C(=O)O)c1ccccc1. The Balaban J connectivity index is 2.59. The van der Waals surface area contributed by atoms with Gasteiger partial charge in [0.25, 0.3) is 0 Å². The first-order chi connectivity index (χ1) is 7.61. The van der Waals surface area contributed by atoms with Gasteiger partial charge >= 0.3 is 5.97 Å². The maximum Gasteiger partial charge on any atom is 0.325 e. The van der Waals surface area contributed by atoms with Crippen molar-refractivity contribution in [2.24, 2.45) is 5.92 Å². The highest BCUT2D eigenvalue weighted by atomic mass is 16.4. The molecule has 16 heavy (non-hydrogen) atoms. The molecule has 0 radical (unpaired) electrons. The molecular weight excluding hydrogens is 202 g/mol. The van der Waals surface area contributed by atoms with Gasteiger partial charge in [0.05, 0.1) is 0 Å². The van der Waals surface area contributed by atoms with E-state index in [1.165, 1.54) is 0 Å². The molecule has 0 aromatic heterocycles. The second-order valence-electron chi connectivity index (χ2n) is 4.32. The molecule has 88 valence electrons. The maximum absolute atomic E-state index is 11.1. The number of aliphatic carboxylic acids is 1. The number of carboxylic acids is 1. The lowest BCUT2D eigenvalue weighted by molar-refractivity contribution is -0.139. The molecular formula is C13H19NO2. The summed E-state index contributed by atoms with van der Waals surface area (Å²) in [5, 5.41) is 12.2. The molecule has 0 saturated heterocycles. The number of carbonyl (C=O) groups is 1. The van der Waals surface area contributed by atoms with E-state index >= 15 is 0 Å². The third-order valence-electron chi connectivity index (χ3n) is 2.45. The highest BCUT2D eigenvalue weighted by Crippen LogP contribution is 2.12. The predicted molar refractivity (Wildman–Crippen MR) is 64.3 cm³/mol. The summed E-state index contributed by atoms with van der Waals surface area (Å²) in [6, 6.07) is 8.67. The van der Waals surface area contributed by atoms with Gasteiger partial charge in [-0.2, -0.15) is 0 Å². The fourth-order valence-electron chi connectivity index (χ4n) is 1.51. The zero-order chi connectivity index (χ0) is 12.0. The topological polar surface area (TPSA) is 49.3 Å². The van der Waals surface area contributed by atoms with E-state index in [-0.39, 0.29) is 0 Å². The van der Waals surface area contributed by atoms with Crippen LogP contribution in [0.2, 0.25) is 0 Å². The van der Waals surface area contributed by atoms with E-state index in [0.29, 0.717) is 5.92 Å². The van der Waals surface area contributed by atoms with Crippen LogP contribution in [0.25, 0.3) is 0 Å². The van der Waals surface area contributed by atoms with Gasteiger partial charge in [0.15, 0.2) is 0 Å². The van der Waals surface area contributed by atoms with Crippen molar-refractivity contribution < 1.29 is 9.90 Å². The van der Waals surface area contributed by atoms with Crippen LogP contribution < -0.4 is 5.32 Å². The molecule has 0 aliphatic carbocycles. The molecule has 3 nitrogen and oxygen atoms in total. The summed E-state index contributed by atoms with van der Waals surface area (Å²) in [5.74, 6) is -0.243. The second kappa shape index (κ2) is 6.28. The van der Waals surface area contributed by atoms with E-state index < -0.39 is 12.0 Å². The van der Waals surface area contributed by atoms with E-state index in [4.69, 9.17) is 5.11 Å². The molecule has 0 bridgehead atoms. The first kappa shape index (κ1) is 12.7. The normalized spacial score (nSPS) is 12.7. The minimum absolute atomic E-state index is 0.581. The van der Waals surface area contributed by atoms with Crippen molar-refractivity contribution in [2.45, 2.75) is 26.3 Å². The Hall–Kier alpha value is -1.35. The van der Waals surface area contributed by atoms with Crippen molar-refractivity contribution in [3.63, 3.8) is 0 Å². The van der Waals surface area contributed by atoms with Gasteiger partial charge in [-0.1, -0.05) is 44.2 Å². The highest BCUT2D eigenvalue weighted by molar-refractivity contribution is 5.75. The van der Waals surface area contributed by atoms with Crippen LogP contribution in [-0.4, -0.2) is 17.6 Å².